The van der Waals surface area contributed by atoms with Gasteiger partial charge in [-0.1, -0.05) is 12.1 Å². The summed E-state index contributed by atoms with van der Waals surface area (Å²) in [7, 11) is 2.08. The predicted molar refractivity (Wildman–Crippen MR) is 71.1 cm³/mol. The van der Waals surface area contributed by atoms with Crippen LogP contribution in [0.5, 0.6) is 5.75 Å². The molecule has 4 heteroatoms. The van der Waals surface area contributed by atoms with Crippen molar-refractivity contribution < 1.29 is 9.84 Å². The molecule has 2 unspecified atom stereocenters. The summed E-state index contributed by atoms with van der Waals surface area (Å²) in [5.74, 6) is 0.339. The lowest BCUT2D eigenvalue weighted by molar-refractivity contribution is 0.0811. The van der Waals surface area contributed by atoms with E-state index in [0.29, 0.717) is 11.8 Å². The van der Waals surface area contributed by atoms with Crippen molar-refractivity contribution in [2.45, 2.75) is 32.0 Å². The number of phenolic OH excluding ortho intramolecular Hbond substituents is 1. The minimum atomic E-state index is 0.272. The highest BCUT2D eigenvalue weighted by Crippen LogP contribution is 2.29. The van der Waals surface area contributed by atoms with Gasteiger partial charge in [0, 0.05) is 24.8 Å². The minimum absolute atomic E-state index is 0.272. The Bertz CT molecular complexity index is 397. The number of benzene rings is 1. The van der Waals surface area contributed by atoms with Crippen LogP contribution in [0.15, 0.2) is 22.7 Å². The van der Waals surface area contributed by atoms with Gasteiger partial charge in [-0.15, -0.1) is 0 Å². The van der Waals surface area contributed by atoms with E-state index in [1.807, 2.05) is 18.2 Å². The van der Waals surface area contributed by atoms with E-state index in [1.165, 1.54) is 0 Å². The van der Waals surface area contributed by atoms with Gasteiger partial charge in [0.2, 0.25) is 0 Å². The topological polar surface area (TPSA) is 32.7 Å². The van der Waals surface area contributed by atoms with Gasteiger partial charge in [-0.2, -0.15) is 0 Å². The zero-order valence-electron chi connectivity index (χ0n) is 10.2. The van der Waals surface area contributed by atoms with Crippen LogP contribution in [0.1, 0.15) is 18.9 Å². The monoisotopic (exact) mass is 299 g/mol. The molecule has 1 aliphatic rings. The molecular formula is C13H18BrNO2. The van der Waals surface area contributed by atoms with Crippen molar-refractivity contribution in [3.05, 3.63) is 28.2 Å². The lowest BCUT2D eigenvalue weighted by Gasteiger charge is -2.26. The Balaban J connectivity index is 2.07. The number of hydrogen-bond donors (Lipinski definition) is 1. The molecule has 0 aromatic heterocycles. The third kappa shape index (κ3) is 2.81. The third-order valence-electron chi connectivity index (χ3n) is 3.39. The maximum atomic E-state index is 9.95. The molecule has 1 aromatic carbocycles. The largest absolute Gasteiger partial charge is 0.506 e. The molecule has 1 N–H and O–H groups in total. The van der Waals surface area contributed by atoms with Crippen LogP contribution in [-0.2, 0) is 11.3 Å². The van der Waals surface area contributed by atoms with Gasteiger partial charge in [-0.25, -0.2) is 0 Å². The van der Waals surface area contributed by atoms with Crippen LogP contribution >= 0.6 is 15.9 Å². The van der Waals surface area contributed by atoms with Crippen LogP contribution in [0, 0.1) is 0 Å². The summed E-state index contributed by atoms with van der Waals surface area (Å²) in [5.41, 5.74) is 0.945. The van der Waals surface area contributed by atoms with Crippen molar-refractivity contribution >= 4 is 15.9 Å². The Morgan fingerprint density at radius 1 is 1.53 bits per heavy atom. The van der Waals surface area contributed by atoms with Gasteiger partial charge >= 0.3 is 0 Å². The van der Waals surface area contributed by atoms with Gasteiger partial charge in [-0.05, 0) is 42.4 Å². The fourth-order valence-electron chi connectivity index (χ4n) is 2.37. The van der Waals surface area contributed by atoms with Gasteiger partial charge in [0.1, 0.15) is 5.75 Å². The van der Waals surface area contributed by atoms with E-state index in [-0.39, 0.29) is 6.10 Å². The number of ether oxygens (including phenoxy) is 1. The molecule has 94 valence electrons. The van der Waals surface area contributed by atoms with Crippen LogP contribution in [0.3, 0.4) is 0 Å². The molecule has 1 aromatic rings. The minimum Gasteiger partial charge on any atom is -0.506 e. The number of para-hydroxylation sites is 1. The quantitative estimate of drug-likeness (QED) is 0.931. The van der Waals surface area contributed by atoms with Gasteiger partial charge < -0.3 is 9.84 Å². The molecule has 0 bridgehead atoms. The Morgan fingerprint density at radius 3 is 2.94 bits per heavy atom. The summed E-state index contributed by atoms with van der Waals surface area (Å²) >= 11 is 3.34. The Morgan fingerprint density at radius 2 is 2.29 bits per heavy atom. The Labute approximate surface area is 111 Å². The molecule has 0 amide bonds. The van der Waals surface area contributed by atoms with E-state index in [0.717, 1.165) is 29.6 Å². The van der Waals surface area contributed by atoms with E-state index >= 15 is 0 Å². The van der Waals surface area contributed by atoms with Crippen molar-refractivity contribution in [2.24, 2.45) is 0 Å². The summed E-state index contributed by atoms with van der Waals surface area (Å²) in [6.45, 7) is 3.68. The fraction of sp³-hybridized carbons (Fsp3) is 0.538. The summed E-state index contributed by atoms with van der Waals surface area (Å²) in [6, 6.07) is 6.19. The molecule has 1 fully saturated rings. The second-order valence-electron chi connectivity index (χ2n) is 4.59. The first kappa shape index (κ1) is 12.9. The van der Waals surface area contributed by atoms with E-state index < -0.39 is 0 Å². The highest BCUT2D eigenvalue weighted by Gasteiger charge is 2.28. The van der Waals surface area contributed by atoms with Crippen molar-refractivity contribution in [1.82, 2.24) is 4.90 Å². The van der Waals surface area contributed by atoms with E-state index in [9.17, 15) is 5.11 Å². The summed E-state index contributed by atoms with van der Waals surface area (Å²) < 4.78 is 6.31. The van der Waals surface area contributed by atoms with Crippen molar-refractivity contribution in [3.63, 3.8) is 0 Å². The lowest BCUT2D eigenvalue weighted by Crippen LogP contribution is -2.36. The molecule has 2 atom stereocenters. The zero-order valence-corrected chi connectivity index (χ0v) is 11.8. The molecule has 1 heterocycles. The number of rotatable bonds is 3. The number of likely N-dealkylation sites (N-methyl/N-ethyl adjacent to an activating group) is 1. The van der Waals surface area contributed by atoms with E-state index in [1.54, 1.807) is 0 Å². The van der Waals surface area contributed by atoms with E-state index in [4.69, 9.17) is 4.74 Å². The molecule has 0 aliphatic carbocycles. The zero-order chi connectivity index (χ0) is 12.4. The number of hydrogen-bond acceptors (Lipinski definition) is 3. The first-order chi connectivity index (χ1) is 8.09. The summed E-state index contributed by atoms with van der Waals surface area (Å²) in [5, 5.41) is 9.95. The van der Waals surface area contributed by atoms with Crippen LogP contribution in [0.4, 0.5) is 0 Å². The van der Waals surface area contributed by atoms with Crippen LogP contribution in [-0.4, -0.2) is 35.8 Å². The second kappa shape index (κ2) is 5.38. The lowest BCUT2D eigenvalue weighted by atomic mass is 10.1. The van der Waals surface area contributed by atoms with Crippen LogP contribution in [0.25, 0.3) is 0 Å². The highest BCUT2D eigenvalue weighted by atomic mass is 79.9. The summed E-state index contributed by atoms with van der Waals surface area (Å²) in [6.07, 6.45) is 1.33. The molecule has 1 aliphatic heterocycles. The van der Waals surface area contributed by atoms with Gasteiger partial charge in [0.25, 0.3) is 0 Å². The number of phenols is 1. The van der Waals surface area contributed by atoms with E-state index in [2.05, 4.69) is 34.8 Å². The SMILES string of the molecule is CC1OCCC1N(C)Cc1cccc(Br)c1O. The highest BCUT2D eigenvalue weighted by molar-refractivity contribution is 9.10. The van der Waals surface area contributed by atoms with Gasteiger partial charge in [-0.3, -0.25) is 4.90 Å². The molecular weight excluding hydrogens is 282 g/mol. The second-order valence-corrected chi connectivity index (χ2v) is 5.45. The fourth-order valence-corrected chi connectivity index (χ4v) is 2.78. The maximum Gasteiger partial charge on any atom is 0.134 e. The molecule has 1 saturated heterocycles. The Kier molecular flexibility index (Phi) is 4.07. The van der Waals surface area contributed by atoms with Crippen LogP contribution in [0.2, 0.25) is 0 Å². The van der Waals surface area contributed by atoms with Crippen LogP contribution < -0.4 is 0 Å². The number of halogens is 1. The molecule has 0 spiro atoms. The first-order valence-corrected chi connectivity index (χ1v) is 6.67. The predicted octanol–water partition coefficient (Wildman–Crippen LogP) is 2.76. The van der Waals surface area contributed by atoms with Crippen molar-refractivity contribution in [2.75, 3.05) is 13.7 Å². The molecule has 2 rings (SSSR count). The average molecular weight is 300 g/mol. The third-order valence-corrected chi connectivity index (χ3v) is 4.03. The van der Waals surface area contributed by atoms with Crippen molar-refractivity contribution in [1.29, 1.82) is 0 Å². The number of nitrogens with zero attached hydrogens (tertiary/aromatic N) is 1. The normalized spacial score (nSPS) is 24.5. The van der Waals surface area contributed by atoms with Crippen molar-refractivity contribution in [3.8, 4) is 5.75 Å². The molecule has 0 saturated carbocycles. The number of aromatic hydroxyl groups is 1. The maximum absolute atomic E-state index is 9.95. The average Bonchev–Trinajstić information content (AvgIpc) is 2.71. The molecule has 17 heavy (non-hydrogen) atoms. The molecule has 3 nitrogen and oxygen atoms in total. The molecule has 0 radical (unpaired) electrons. The van der Waals surface area contributed by atoms with Gasteiger partial charge in [0.15, 0.2) is 0 Å². The standard InChI is InChI=1S/C13H18BrNO2/c1-9-12(6-7-17-9)15(2)8-10-4-3-5-11(14)13(10)16/h3-5,9,12,16H,6-8H2,1-2H3. The smallest absolute Gasteiger partial charge is 0.134 e. The summed E-state index contributed by atoms with van der Waals surface area (Å²) in [4.78, 5) is 2.25. The first-order valence-electron chi connectivity index (χ1n) is 5.88. The Hall–Kier alpha value is -0.580. The van der Waals surface area contributed by atoms with Gasteiger partial charge in [0.05, 0.1) is 10.6 Å².